The number of aromatic nitrogens is 3. The summed E-state index contributed by atoms with van der Waals surface area (Å²) in [7, 11) is 1.64. The van der Waals surface area contributed by atoms with E-state index in [9.17, 15) is 4.79 Å². The van der Waals surface area contributed by atoms with Gasteiger partial charge in [-0.3, -0.25) is 4.79 Å². The maximum atomic E-state index is 12.0. The van der Waals surface area contributed by atoms with Crippen molar-refractivity contribution >= 4 is 23.2 Å². The molecular weight excluding hydrogens is 394 g/mol. The Balaban J connectivity index is 1.29. The number of anilines is 1. The topological polar surface area (TPSA) is 113 Å². The number of carbonyl (C=O) groups excluding carboxylic acids is 1. The van der Waals surface area contributed by atoms with Crippen molar-refractivity contribution in [1.82, 2.24) is 15.0 Å². The predicted molar refractivity (Wildman–Crippen MR) is 105 cm³/mol. The van der Waals surface area contributed by atoms with Crippen LogP contribution in [0.4, 0.5) is 5.95 Å². The maximum Gasteiger partial charge on any atom is 0.230 e. The zero-order chi connectivity index (χ0) is 20.0. The number of rotatable bonds is 6. The van der Waals surface area contributed by atoms with Crippen LogP contribution < -0.4 is 15.4 Å². The Kier molecular flexibility index (Phi) is 4.64. The molecule has 1 amide bonds. The number of hydrogen-bond acceptors (Lipinski definition) is 9. The fraction of sp³-hybridized carbons (Fsp3) is 0.579. The molecule has 0 radical (unpaired) electrons. The van der Waals surface area contributed by atoms with Gasteiger partial charge >= 0.3 is 0 Å². The van der Waals surface area contributed by atoms with E-state index >= 15 is 0 Å². The molecule has 9 nitrogen and oxygen atoms in total. The molecule has 2 N–H and O–H groups in total. The highest BCUT2D eigenvalue weighted by atomic mass is 32.1. The quantitative estimate of drug-likeness (QED) is 0.755. The molecule has 29 heavy (non-hydrogen) atoms. The third kappa shape index (κ3) is 3.15. The van der Waals surface area contributed by atoms with E-state index in [1.807, 2.05) is 0 Å². The van der Waals surface area contributed by atoms with E-state index in [-0.39, 0.29) is 12.0 Å². The molecule has 2 aromatic rings. The first-order valence-electron chi connectivity index (χ1n) is 9.74. The number of morpholine rings is 1. The van der Waals surface area contributed by atoms with Gasteiger partial charge in [0.15, 0.2) is 5.75 Å². The van der Waals surface area contributed by atoms with Crippen molar-refractivity contribution in [2.75, 3.05) is 25.2 Å². The van der Waals surface area contributed by atoms with Gasteiger partial charge in [-0.25, -0.2) is 15.0 Å². The molecule has 2 unspecified atom stereocenters. The lowest BCUT2D eigenvalue weighted by Gasteiger charge is -2.42. The molecule has 2 aliphatic heterocycles. The van der Waals surface area contributed by atoms with Crippen molar-refractivity contribution < 1.29 is 19.0 Å². The molecule has 4 heterocycles. The first kappa shape index (κ1) is 18.7. The molecule has 0 aromatic carbocycles. The largest absolute Gasteiger partial charge is 0.442 e. The third-order valence-corrected chi connectivity index (χ3v) is 7.23. The Labute approximate surface area is 172 Å². The normalized spacial score (nSPS) is 30.8. The van der Waals surface area contributed by atoms with Crippen LogP contribution in [0, 0.1) is 0 Å². The number of amides is 1. The Bertz CT molecular complexity index is 882. The predicted octanol–water partition coefficient (Wildman–Crippen LogP) is 1.62. The summed E-state index contributed by atoms with van der Waals surface area (Å²) in [6.45, 7) is 1.46. The van der Waals surface area contributed by atoms with Crippen molar-refractivity contribution in [3.8, 4) is 10.8 Å². The second-order valence-electron chi connectivity index (χ2n) is 7.85. The number of methoxy groups -OCH3 is 1. The van der Waals surface area contributed by atoms with Gasteiger partial charge in [0.2, 0.25) is 16.9 Å². The van der Waals surface area contributed by atoms with E-state index in [0.29, 0.717) is 46.7 Å². The molecule has 2 bridgehead atoms. The van der Waals surface area contributed by atoms with Crippen molar-refractivity contribution in [2.24, 2.45) is 5.73 Å². The average molecular weight is 417 g/mol. The van der Waals surface area contributed by atoms with Crippen molar-refractivity contribution in [1.29, 1.82) is 0 Å². The standard InChI is InChI=1S/C19H23N5O4S/c1-26-13-4-19(5-13,16(20)25)17-21-8-15(29-17)28-14-6-22-18(23-7-14)24-11-2-3-12(24)10-27-9-11/h6-8,11-13H,2-5,9-10H2,1H3,(H2,20,25). The Morgan fingerprint density at radius 1 is 1.21 bits per heavy atom. The molecule has 2 saturated heterocycles. The lowest BCUT2D eigenvalue weighted by atomic mass is 9.66. The summed E-state index contributed by atoms with van der Waals surface area (Å²) < 4.78 is 16.8. The summed E-state index contributed by atoms with van der Waals surface area (Å²) in [6.07, 6.45) is 8.31. The van der Waals surface area contributed by atoms with Gasteiger partial charge in [-0.15, -0.1) is 0 Å². The van der Waals surface area contributed by atoms with Crippen LogP contribution in [-0.2, 0) is 19.7 Å². The molecular formula is C19H23N5O4S. The summed E-state index contributed by atoms with van der Waals surface area (Å²) in [6, 6.07) is 0.709. The minimum absolute atomic E-state index is 0.0344. The van der Waals surface area contributed by atoms with Gasteiger partial charge in [-0.1, -0.05) is 11.3 Å². The van der Waals surface area contributed by atoms with Gasteiger partial charge in [-0.2, -0.15) is 0 Å². The van der Waals surface area contributed by atoms with Crippen molar-refractivity contribution in [3.63, 3.8) is 0 Å². The Hall–Kier alpha value is -2.30. The van der Waals surface area contributed by atoms with Crippen LogP contribution in [0.25, 0.3) is 0 Å². The van der Waals surface area contributed by atoms with E-state index in [0.717, 1.165) is 26.1 Å². The van der Waals surface area contributed by atoms with Crippen LogP contribution in [0.2, 0.25) is 0 Å². The van der Waals surface area contributed by atoms with Crippen LogP contribution in [0.5, 0.6) is 10.8 Å². The smallest absolute Gasteiger partial charge is 0.230 e. The zero-order valence-corrected chi connectivity index (χ0v) is 16.9. The number of primary amides is 1. The SMILES string of the molecule is COC1CC(C(N)=O)(c2ncc(Oc3cnc(N4C5CCC4COC5)nc3)s2)C1. The van der Waals surface area contributed by atoms with E-state index in [1.165, 1.54) is 11.3 Å². The van der Waals surface area contributed by atoms with Crippen molar-refractivity contribution in [3.05, 3.63) is 23.6 Å². The molecule has 3 aliphatic rings. The van der Waals surface area contributed by atoms with Gasteiger partial charge in [0.05, 0.1) is 50.0 Å². The van der Waals surface area contributed by atoms with E-state index in [1.54, 1.807) is 25.7 Å². The average Bonchev–Trinajstić information content (AvgIpc) is 3.24. The van der Waals surface area contributed by atoms with E-state index in [2.05, 4.69) is 19.9 Å². The molecule has 154 valence electrons. The first-order chi connectivity index (χ1) is 14.1. The second-order valence-corrected chi connectivity index (χ2v) is 8.84. The zero-order valence-electron chi connectivity index (χ0n) is 16.1. The third-order valence-electron chi connectivity index (χ3n) is 6.16. The second kappa shape index (κ2) is 7.19. The molecule has 0 spiro atoms. The van der Waals surface area contributed by atoms with Crippen LogP contribution >= 0.6 is 11.3 Å². The summed E-state index contributed by atoms with van der Waals surface area (Å²) >= 11 is 1.32. The number of carbonyl (C=O) groups is 1. The lowest BCUT2D eigenvalue weighted by molar-refractivity contribution is -0.133. The van der Waals surface area contributed by atoms with Crippen LogP contribution in [0.15, 0.2) is 18.6 Å². The summed E-state index contributed by atoms with van der Waals surface area (Å²) in [5, 5.41) is 1.24. The fourth-order valence-electron chi connectivity index (χ4n) is 4.46. The van der Waals surface area contributed by atoms with Gasteiger partial charge < -0.3 is 24.8 Å². The lowest BCUT2D eigenvalue weighted by Crippen LogP contribution is -2.54. The molecule has 1 saturated carbocycles. The monoisotopic (exact) mass is 417 g/mol. The van der Waals surface area contributed by atoms with Gasteiger partial charge in [-0.05, 0) is 25.7 Å². The summed E-state index contributed by atoms with van der Waals surface area (Å²) in [5.74, 6) is 0.867. The number of hydrogen-bond donors (Lipinski definition) is 1. The minimum atomic E-state index is -0.761. The molecule has 5 rings (SSSR count). The Morgan fingerprint density at radius 2 is 1.90 bits per heavy atom. The van der Waals surface area contributed by atoms with E-state index in [4.69, 9.17) is 19.9 Å². The number of fused-ring (bicyclic) bond motifs is 2. The molecule has 10 heteroatoms. The van der Waals surface area contributed by atoms with Crippen LogP contribution in [0.3, 0.4) is 0 Å². The highest BCUT2D eigenvalue weighted by molar-refractivity contribution is 7.13. The van der Waals surface area contributed by atoms with Crippen molar-refractivity contribution in [2.45, 2.75) is 49.3 Å². The van der Waals surface area contributed by atoms with Crippen LogP contribution in [0.1, 0.15) is 30.7 Å². The first-order valence-corrected chi connectivity index (χ1v) is 10.6. The Morgan fingerprint density at radius 3 is 2.52 bits per heavy atom. The number of thiazole rings is 1. The van der Waals surface area contributed by atoms with Crippen LogP contribution in [-0.4, -0.2) is 59.4 Å². The van der Waals surface area contributed by atoms with Gasteiger partial charge in [0.25, 0.3) is 0 Å². The van der Waals surface area contributed by atoms with E-state index < -0.39 is 5.41 Å². The summed E-state index contributed by atoms with van der Waals surface area (Å²) in [4.78, 5) is 27.7. The summed E-state index contributed by atoms with van der Waals surface area (Å²) in [5.41, 5.74) is 4.90. The molecule has 2 atom stereocenters. The highest BCUT2D eigenvalue weighted by Crippen LogP contribution is 2.47. The maximum absolute atomic E-state index is 12.0. The molecule has 1 aliphatic carbocycles. The number of nitrogens with zero attached hydrogens (tertiary/aromatic N) is 4. The molecule has 3 fully saturated rings. The number of ether oxygens (including phenoxy) is 3. The minimum Gasteiger partial charge on any atom is -0.442 e. The number of nitrogens with two attached hydrogens (primary N) is 1. The van der Waals surface area contributed by atoms with Gasteiger partial charge in [0.1, 0.15) is 10.4 Å². The fourth-order valence-corrected chi connectivity index (χ4v) is 5.46. The van der Waals surface area contributed by atoms with Gasteiger partial charge in [0, 0.05) is 7.11 Å². The molecule has 2 aromatic heterocycles. The highest BCUT2D eigenvalue weighted by Gasteiger charge is 2.53.